The van der Waals surface area contributed by atoms with Gasteiger partial charge in [0.15, 0.2) is 0 Å². The zero-order valence-electron chi connectivity index (χ0n) is 9.38. The Hall–Kier alpha value is 0. The van der Waals surface area contributed by atoms with E-state index in [2.05, 4.69) is 27.7 Å². The highest BCUT2D eigenvalue weighted by Crippen LogP contribution is 2.78. The molecule has 0 spiro atoms. The largest absolute Gasteiger partial charge is 0.0625 e. The van der Waals surface area contributed by atoms with Gasteiger partial charge in [0.25, 0.3) is 0 Å². The molecule has 3 aliphatic rings. The molecule has 3 fully saturated rings. The van der Waals surface area contributed by atoms with Crippen LogP contribution in [0.15, 0.2) is 0 Å². The van der Waals surface area contributed by atoms with Crippen molar-refractivity contribution in [1.82, 2.24) is 0 Å². The summed E-state index contributed by atoms with van der Waals surface area (Å²) in [5.74, 6) is 6.52. The summed E-state index contributed by atoms with van der Waals surface area (Å²) < 4.78 is 0. The Morgan fingerprint density at radius 1 is 1.31 bits per heavy atom. The van der Waals surface area contributed by atoms with Gasteiger partial charge < -0.3 is 0 Å². The molecule has 0 aromatic heterocycles. The molecule has 0 aliphatic heterocycles. The van der Waals surface area contributed by atoms with Crippen LogP contribution < -0.4 is 0 Å². The Morgan fingerprint density at radius 3 is 2.62 bits per heavy atom. The Labute approximate surface area is 82.1 Å². The molecule has 0 heteroatoms. The summed E-state index contributed by atoms with van der Waals surface area (Å²) >= 11 is 0. The minimum Gasteiger partial charge on any atom is -0.0625 e. The Bertz CT molecular complexity index is 242. The molecule has 74 valence electrons. The first-order valence-corrected chi connectivity index (χ1v) is 6.07. The SMILES string of the molecule is CC(C)C1C2CCC3(C)C(C)C3C21. The summed E-state index contributed by atoms with van der Waals surface area (Å²) in [4.78, 5) is 0. The summed E-state index contributed by atoms with van der Waals surface area (Å²) in [6, 6.07) is 0. The molecule has 3 aliphatic carbocycles. The van der Waals surface area contributed by atoms with Crippen molar-refractivity contribution in [2.45, 2.75) is 40.5 Å². The molecular weight excluding hydrogens is 156 g/mol. The second-order valence-electron chi connectivity index (χ2n) is 6.42. The maximum atomic E-state index is 2.54. The summed E-state index contributed by atoms with van der Waals surface area (Å²) in [6.45, 7) is 9.87. The van der Waals surface area contributed by atoms with E-state index in [1.165, 1.54) is 6.42 Å². The van der Waals surface area contributed by atoms with Gasteiger partial charge in [0.05, 0.1) is 0 Å². The van der Waals surface area contributed by atoms with Crippen LogP contribution in [0.2, 0.25) is 0 Å². The smallest absolute Gasteiger partial charge is 0.0263 e. The maximum absolute atomic E-state index is 2.54. The van der Waals surface area contributed by atoms with Gasteiger partial charge in [-0.3, -0.25) is 0 Å². The molecule has 0 nitrogen and oxygen atoms in total. The second-order valence-corrected chi connectivity index (χ2v) is 6.42. The van der Waals surface area contributed by atoms with Crippen molar-refractivity contribution in [1.29, 1.82) is 0 Å². The fourth-order valence-electron chi connectivity index (χ4n) is 4.74. The zero-order chi connectivity index (χ0) is 9.38. The summed E-state index contributed by atoms with van der Waals surface area (Å²) in [6.07, 6.45) is 3.08. The number of hydrogen-bond acceptors (Lipinski definition) is 0. The third kappa shape index (κ3) is 0.831. The summed E-state index contributed by atoms with van der Waals surface area (Å²) in [5, 5.41) is 0. The van der Waals surface area contributed by atoms with Gasteiger partial charge in [-0.1, -0.05) is 27.7 Å². The molecule has 6 atom stereocenters. The molecule has 0 bridgehead atoms. The Morgan fingerprint density at radius 2 is 2.00 bits per heavy atom. The zero-order valence-corrected chi connectivity index (χ0v) is 9.38. The highest BCUT2D eigenvalue weighted by molar-refractivity contribution is 5.20. The monoisotopic (exact) mass is 178 g/mol. The summed E-state index contributed by atoms with van der Waals surface area (Å²) in [7, 11) is 0. The van der Waals surface area contributed by atoms with Gasteiger partial charge in [-0.25, -0.2) is 0 Å². The fourth-order valence-corrected chi connectivity index (χ4v) is 4.74. The van der Waals surface area contributed by atoms with Crippen LogP contribution in [-0.2, 0) is 0 Å². The number of fused-ring (bicyclic) bond motifs is 3. The van der Waals surface area contributed by atoms with Gasteiger partial charge >= 0.3 is 0 Å². The second kappa shape index (κ2) is 2.15. The third-order valence-electron chi connectivity index (χ3n) is 5.72. The lowest BCUT2D eigenvalue weighted by Gasteiger charge is -2.15. The van der Waals surface area contributed by atoms with Gasteiger partial charge in [-0.15, -0.1) is 0 Å². The molecule has 0 radical (unpaired) electrons. The third-order valence-corrected chi connectivity index (χ3v) is 5.72. The fraction of sp³-hybridized carbons (Fsp3) is 1.00. The highest BCUT2D eigenvalue weighted by atomic mass is 14.8. The standard InChI is InChI=1S/C13H22/c1-7(2)10-9-5-6-13(4)8(3)12(13)11(9)10/h7-12H,5-6H2,1-4H3. The van der Waals surface area contributed by atoms with Crippen molar-refractivity contribution in [3.8, 4) is 0 Å². The van der Waals surface area contributed by atoms with Crippen LogP contribution in [-0.4, -0.2) is 0 Å². The van der Waals surface area contributed by atoms with E-state index >= 15 is 0 Å². The minimum absolute atomic E-state index is 0.783. The molecule has 3 rings (SSSR count). The van der Waals surface area contributed by atoms with E-state index in [1.807, 2.05) is 0 Å². The molecule has 0 aromatic rings. The van der Waals surface area contributed by atoms with Crippen molar-refractivity contribution in [2.75, 3.05) is 0 Å². The molecule has 3 saturated carbocycles. The van der Waals surface area contributed by atoms with Crippen LogP contribution in [0.4, 0.5) is 0 Å². The molecule has 6 unspecified atom stereocenters. The van der Waals surface area contributed by atoms with E-state index < -0.39 is 0 Å². The number of rotatable bonds is 1. The van der Waals surface area contributed by atoms with Crippen LogP contribution in [0.5, 0.6) is 0 Å². The maximum Gasteiger partial charge on any atom is -0.0263 e. The first-order valence-electron chi connectivity index (χ1n) is 6.07. The molecule has 0 saturated heterocycles. The normalized spacial score (nSPS) is 63.0. The van der Waals surface area contributed by atoms with Gasteiger partial charge in [0, 0.05) is 0 Å². The Kier molecular flexibility index (Phi) is 1.37. The molecule has 0 N–H and O–H groups in total. The van der Waals surface area contributed by atoms with Gasteiger partial charge in [-0.2, -0.15) is 0 Å². The Balaban J connectivity index is 1.80. The van der Waals surface area contributed by atoms with Crippen LogP contribution in [0, 0.1) is 40.9 Å². The van der Waals surface area contributed by atoms with Gasteiger partial charge in [-0.05, 0) is 53.8 Å². The van der Waals surface area contributed by atoms with Crippen LogP contribution >= 0.6 is 0 Å². The lowest BCUT2D eigenvalue weighted by atomic mass is 9.90. The number of hydrogen-bond donors (Lipinski definition) is 0. The van der Waals surface area contributed by atoms with Crippen LogP contribution in [0.25, 0.3) is 0 Å². The topological polar surface area (TPSA) is 0 Å². The van der Waals surface area contributed by atoms with Crippen molar-refractivity contribution >= 4 is 0 Å². The van der Waals surface area contributed by atoms with E-state index in [9.17, 15) is 0 Å². The van der Waals surface area contributed by atoms with Gasteiger partial charge in [0.1, 0.15) is 0 Å². The first-order chi connectivity index (χ1) is 6.07. The molecule has 0 amide bonds. The van der Waals surface area contributed by atoms with Crippen molar-refractivity contribution in [3.63, 3.8) is 0 Å². The molecule has 0 heterocycles. The highest BCUT2D eigenvalue weighted by Gasteiger charge is 2.72. The lowest BCUT2D eigenvalue weighted by molar-refractivity contribution is 0.347. The average Bonchev–Trinajstić information content (AvgIpc) is 2.87. The van der Waals surface area contributed by atoms with E-state index in [1.54, 1.807) is 6.42 Å². The van der Waals surface area contributed by atoms with Crippen LogP contribution in [0.3, 0.4) is 0 Å². The molecule has 0 aromatic carbocycles. The molecular formula is C13H22. The van der Waals surface area contributed by atoms with Crippen molar-refractivity contribution < 1.29 is 0 Å². The lowest BCUT2D eigenvalue weighted by Crippen LogP contribution is -2.06. The van der Waals surface area contributed by atoms with E-state index in [-0.39, 0.29) is 0 Å². The molecule has 13 heavy (non-hydrogen) atoms. The summed E-state index contributed by atoms with van der Waals surface area (Å²) in [5.41, 5.74) is 0.783. The van der Waals surface area contributed by atoms with Crippen molar-refractivity contribution in [3.05, 3.63) is 0 Å². The van der Waals surface area contributed by atoms with Crippen LogP contribution in [0.1, 0.15) is 40.5 Å². The van der Waals surface area contributed by atoms with E-state index in [4.69, 9.17) is 0 Å². The van der Waals surface area contributed by atoms with E-state index in [0.717, 1.165) is 40.9 Å². The predicted molar refractivity (Wildman–Crippen MR) is 55.3 cm³/mol. The predicted octanol–water partition coefficient (Wildman–Crippen LogP) is 3.57. The van der Waals surface area contributed by atoms with E-state index in [0.29, 0.717) is 0 Å². The van der Waals surface area contributed by atoms with Crippen molar-refractivity contribution in [2.24, 2.45) is 40.9 Å². The quantitative estimate of drug-likeness (QED) is 0.576. The average molecular weight is 178 g/mol. The minimum atomic E-state index is 0.783. The first kappa shape index (κ1) is 8.32. The van der Waals surface area contributed by atoms with Gasteiger partial charge in [0.2, 0.25) is 0 Å².